The van der Waals surface area contributed by atoms with E-state index >= 15 is 0 Å². The lowest BCUT2D eigenvalue weighted by atomic mass is 10.2. The van der Waals surface area contributed by atoms with Crippen LogP contribution in [0.1, 0.15) is 40.5 Å². The highest BCUT2D eigenvalue weighted by Gasteiger charge is 2.13. The van der Waals surface area contributed by atoms with Gasteiger partial charge in [0.25, 0.3) is 10.5 Å². The van der Waals surface area contributed by atoms with Gasteiger partial charge in [-0.15, -0.1) is 15.0 Å². The van der Waals surface area contributed by atoms with E-state index in [2.05, 4.69) is 15.0 Å². The van der Waals surface area contributed by atoms with Crippen molar-refractivity contribution in [2.75, 3.05) is 6.61 Å². The van der Waals surface area contributed by atoms with Crippen LogP contribution in [0.3, 0.4) is 0 Å². The van der Waals surface area contributed by atoms with Crippen molar-refractivity contribution in [1.82, 2.24) is 15.0 Å². The largest absolute Gasteiger partial charge is 0.463 e. The fourth-order valence-corrected chi connectivity index (χ4v) is 2.55. The van der Waals surface area contributed by atoms with Gasteiger partial charge in [0.15, 0.2) is 0 Å². The van der Waals surface area contributed by atoms with Crippen LogP contribution in [0.5, 0.6) is 29.5 Å². The van der Waals surface area contributed by atoms with Crippen LogP contribution in [0.25, 0.3) is 0 Å². The molecule has 3 aromatic rings. The number of ether oxygens (including phenoxy) is 3. The van der Waals surface area contributed by atoms with Gasteiger partial charge in [-0.2, -0.15) is 0 Å². The molecule has 0 atom stereocenters. The summed E-state index contributed by atoms with van der Waals surface area (Å²) in [6.45, 7) is 2.45. The average molecular weight is 462 g/mol. The first-order valence-electron chi connectivity index (χ1n) is 9.29. The molecular weight excluding hydrogens is 445 g/mol. The fourth-order valence-electron chi connectivity index (χ4n) is 2.30. The van der Waals surface area contributed by atoms with E-state index in [-0.39, 0.29) is 18.0 Å². The van der Waals surface area contributed by atoms with Crippen LogP contribution in [0.4, 0.5) is 0 Å². The molecule has 10 heteroatoms. The second-order valence-electron chi connectivity index (χ2n) is 6.19. The van der Waals surface area contributed by atoms with E-state index in [4.69, 9.17) is 37.4 Å². The molecule has 160 valence electrons. The molecule has 1 aromatic heterocycles. The number of hydrogen-bond acceptors (Lipinski definition) is 8. The number of halogens is 2. The van der Waals surface area contributed by atoms with Gasteiger partial charge in [0.05, 0.1) is 6.61 Å². The molecular formula is C21H17Cl2N3O5. The summed E-state index contributed by atoms with van der Waals surface area (Å²) < 4.78 is 16.9. The van der Waals surface area contributed by atoms with E-state index in [9.17, 15) is 9.59 Å². The molecule has 0 spiro atoms. The third-order valence-corrected chi connectivity index (χ3v) is 4.32. The maximum absolute atomic E-state index is 11.2. The molecule has 0 aliphatic rings. The number of unbranched alkanes of at least 4 members (excludes halogenated alkanes) is 1. The Kier molecular flexibility index (Phi) is 7.75. The minimum atomic E-state index is -0.573. The second-order valence-corrected chi connectivity index (χ2v) is 6.87. The van der Waals surface area contributed by atoms with E-state index in [1.807, 2.05) is 6.92 Å². The molecule has 0 amide bonds. The summed E-state index contributed by atoms with van der Waals surface area (Å²) in [4.78, 5) is 34.8. The zero-order valence-electron chi connectivity index (χ0n) is 16.4. The number of aromatic nitrogens is 3. The maximum Gasteiger partial charge on any atom is 0.331 e. The van der Waals surface area contributed by atoms with Crippen LogP contribution < -0.4 is 14.2 Å². The van der Waals surface area contributed by atoms with Crippen LogP contribution >= 0.6 is 23.2 Å². The summed E-state index contributed by atoms with van der Waals surface area (Å²) in [5.41, 5.74) is 0.660. The van der Waals surface area contributed by atoms with E-state index in [1.54, 1.807) is 24.3 Å². The minimum Gasteiger partial charge on any atom is -0.463 e. The fraction of sp³-hybridized carbons (Fsp3) is 0.190. The standard InChI is InChI=1S/C21H17Cl2N3O5/c1-2-3-12-29-19-24-20(30-15-8-4-13(5-9-15)17(22)27)26-21(25-19)31-16-10-6-14(7-11-16)18(23)28/h4-11H,2-3,12H2,1H3. The predicted octanol–water partition coefficient (Wildman–Crippen LogP) is 5.39. The van der Waals surface area contributed by atoms with Crippen LogP contribution in [-0.2, 0) is 0 Å². The monoisotopic (exact) mass is 461 g/mol. The van der Waals surface area contributed by atoms with Crippen molar-refractivity contribution in [2.24, 2.45) is 0 Å². The summed E-state index contributed by atoms with van der Waals surface area (Å²) in [6.07, 6.45) is 1.76. The molecule has 8 nitrogen and oxygen atoms in total. The van der Waals surface area contributed by atoms with Crippen molar-refractivity contribution in [3.05, 3.63) is 59.7 Å². The van der Waals surface area contributed by atoms with Crippen molar-refractivity contribution in [1.29, 1.82) is 0 Å². The predicted molar refractivity (Wildman–Crippen MR) is 114 cm³/mol. The average Bonchev–Trinajstić information content (AvgIpc) is 2.74. The van der Waals surface area contributed by atoms with Gasteiger partial charge in [-0.3, -0.25) is 9.59 Å². The Labute approximate surface area is 188 Å². The molecule has 0 saturated carbocycles. The number of carbonyl (C=O) groups excluding carboxylic acids is 2. The molecule has 0 aliphatic carbocycles. The SMILES string of the molecule is CCCCOc1nc(Oc2ccc(C(=O)Cl)cc2)nc(Oc2ccc(C(=O)Cl)cc2)n1. The highest BCUT2D eigenvalue weighted by molar-refractivity contribution is 6.68. The molecule has 0 bridgehead atoms. The van der Waals surface area contributed by atoms with Gasteiger partial charge in [0.1, 0.15) is 11.5 Å². The summed E-state index contributed by atoms with van der Waals surface area (Å²) in [5.74, 6) is 0.756. The van der Waals surface area contributed by atoms with E-state index in [0.29, 0.717) is 29.2 Å². The van der Waals surface area contributed by atoms with E-state index < -0.39 is 10.5 Å². The number of hydrogen-bond donors (Lipinski definition) is 0. The Morgan fingerprint density at radius 3 is 1.55 bits per heavy atom. The number of carbonyl (C=O) groups is 2. The topological polar surface area (TPSA) is 101 Å². The highest BCUT2D eigenvalue weighted by Crippen LogP contribution is 2.25. The summed E-state index contributed by atoms with van der Waals surface area (Å²) in [7, 11) is 0. The molecule has 0 radical (unpaired) electrons. The number of benzene rings is 2. The minimum absolute atomic E-state index is 0.0357. The quantitative estimate of drug-likeness (QED) is 0.292. The molecule has 1 heterocycles. The van der Waals surface area contributed by atoms with Crippen molar-refractivity contribution in [2.45, 2.75) is 19.8 Å². The Morgan fingerprint density at radius 2 is 1.16 bits per heavy atom. The van der Waals surface area contributed by atoms with Crippen molar-refractivity contribution in [3.8, 4) is 29.5 Å². The summed E-state index contributed by atoms with van der Waals surface area (Å²) in [5, 5.41) is -1.15. The molecule has 0 fully saturated rings. The Morgan fingerprint density at radius 1 is 0.742 bits per heavy atom. The van der Waals surface area contributed by atoms with Crippen molar-refractivity contribution in [3.63, 3.8) is 0 Å². The number of rotatable bonds is 10. The van der Waals surface area contributed by atoms with Gasteiger partial charge >= 0.3 is 18.0 Å². The Bertz CT molecular complexity index is 982. The van der Waals surface area contributed by atoms with Gasteiger partial charge in [0.2, 0.25) is 0 Å². The molecule has 2 aromatic carbocycles. The highest BCUT2D eigenvalue weighted by atomic mass is 35.5. The molecule has 0 N–H and O–H groups in total. The zero-order valence-corrected chi connectivity index (χ0v) is 17.9. The third-order valence-electron chi connectivity index (χ3n) is 3.88. The van der Waals surface area contributed by atoms with E-state index in [0.717, 1.165) is 12.8 Å². The first-order chi connectivity index (χ1) is 14.9. The zero-order chi connectivity index (χ0) is 22.2. The maximum atomic E-state index is 11.2. The third kappa shape index (κ3) is 6.63. The molecule has 31 heavy (non-hydrogen) atoms. The molecule has 0 saturated heterocycles. The second kappa shape index (κ2) is 10.7. The normalized spacial score (nSPS) is 10.4. The van der Waals surface area contributed by atoms with Crippen LogP contribution in [0.2, 0.25) is 0 Å². The van der Waals surface area contributed by atoms with Crippen molar-refractivity contribution < 1.29 is 23.8 Å². The van der Waals surface area contributed by atoms with Gasteiger partial charge in [-0.05, 0) is 78.2 Å². The lowest BCUT2D eigenvalue weighted by Gasteiger charge is -2.10. The molecule has 0 unspecified atom stereocenters. The smallest absolute Gasteiger partial charge is 0.331 e. The van der Waals surface area contributed by atoms with Crippen LogP contribution in [0.15, 0.2) is 48.5 Å². The Balaban J connectivity index is 1.82. The van der Waals surface area contributed by atoms with Gasteiger partial charge in [-0.25, -0.2) is 0 Å². The summed E-state index contributed by atoms with van der Waals surface area (Å²) >= 11 is 10.9. The van der Waals surface area contributed by atoms with Gasteiger partial charge in [0, 0.05) is 11.1 Å². The first kappa shape index (κ1) is 22.5. The van der Waals surface area contributed by atoms with Gasteiger partial charge < -0.3 is 14.2 Å². The number of nitrogens with zero attached hydrogens (tertiary/aromatic N) is 3. The molecule has 3 rings (SSSR count). The van der Waals surface area contributed by atoms with Crippen LogP contribution in [0, 0.1) is 0 Å². The lowest BCUT2D eigenvalue weighted by molar-refractivity contribution is 0.107. The lowest BCUT2D eigenvalue weighted by Crippen LogP contribution is -2.05. The van der Waals surface area contributed by atoms with E-state index in [1.165, 1.54) is 24.3 Å². The van der Waals surface area contributed by atoms with Crippen molar-refractivity contribution >= 4 is 33.7 Å². The summed E-state index contributed by atoms with van der Waals surface area (Å²) in [6, 6.07) is 12.2. The van der Waals surface area contributed by atoms with Gasteiger partial charge in [-0.1, -0.05) is 13.3 Å². The first-order valence-corrected chi connectivity index (χ1v) is 10.0. The van der Waals surface area contributed by atoms with Crippen LogP contribution in [-0.4, -0.2) is 32.0 Å². The Hall–Kier alpha value is -3.23. The molecule has 0 aliphatic heterocycles.